The van der Waals surface area contributed by atoms with Crippen molar-refractivity contribution in [2.75, 3.05) is 0 Å². The molecule has 0 atom stereocenters. The first-order valence-electron chi connectivity index (χ1n) is 20.7. The van der Waals surface area contributed by atoms with Gasteiger partial charge in [0.1, 0.15) is 11.6 Å². The van der Waals surface area contributed by atoms with Gasteiger partial charge < -0.3 is 0 Å². The Balaban J connectivity index is 0.000000181. The summed E-state index contributed by atoms with van der Waals surface area (Å²) in [6.45, 7) is 7.78. The molecule has 2 aliphatic carbocycles. The van der Waals surface area contributed by atoms with Gasteiger partial charge in [-0.1, -0.05) is 86.0 Å². The molecular weight excluding hydrogens is 777 g/mol. The van der Waals surface area contributed by atoms with E-state index >= 15 is 0 Å². The summed E-state index contributed by atoms with van der Waals surface area (Å²) < 4.78 is 111. The number of rotatable bonds is 6. The third-order valence-corrected chi connectivity index (χ3v) is 12.7. The van der Waals surface area contributed by atoms with E-state index in [1.54, 1.807) is 19.9 Å². The van der Waals surface area contributed by atoms with E-state index in [0.29, 0.717) is 22.6 Å². The Labute approximate surface area is 347 Å². The molecule has 6 aromatic carbocycles. The van der Waals surface area contributed by atoms with Gasteiger partial charge in [-0.3, -0.25) is 0 Å². The second kappa shape index (κ2) is 18.2. The highest BCUT2D eigenvalue weighted by Crippen LogP contribution is 2.45. The van der Waals surface area contributed by atoms with Crippen molar-refractivity contribution in [2.45, 2.75) is 85.0 Å². The van der Waals surface area contributed by atoms with E-state index in [1.165, 1.54) is 56.2 Å². The lowest BCUT2D eigenvalue weighted by molar-refractivity contribution is 0.165. The Morgan fingerprint density at radius 2 is 0.733 bits per heavy atom. The largest absolute Gasteiger partial charge is 0.206 e. The third-order valence-electron chi connectivity index (χ3n) is 12.7. The van der Waals surface area contributed by atoms with Crippen LogP contribution in [0.3, 0.4) is 0 Å². The van der Waals surface area contributed by atoms with Crippen LogP contribution in [0.5, 0.6) is 0 Å². The van der Waals surface area contributed by atoms with Crippen LogP contribution in [-0.4, -0.2) is 0 Å². The summed E-state index contributed by atoms with van der Waals surface area (Å²) in [6, 6.07) is 25.8. The van der Waals surface area contributed by atoms with Gasteiger partial charge in [0.2, 0.25) is 0 Å². The minimum atomic E-state index is -1.57. The second-order valence-electron chi connectivity index (χ2n) is 16.9. The van der Waals surface area contributed by atoms with E-state index < -0.39 is 46.5 Å². The van der Waals surface area contributed by atoms with Gasteiger partial charge in [0.15, 0.2) is 34.9 Å². The maximum absolute atomic E-state index is 15.0. The topological polar surface area (TPSA) is 0 Å². The summed E-state index contributed by atoms with van der Waals surface area (Å²) in [5.41, 5.74) is 7.05. The van der Waals surface area contributed by atoms with Crippen LogP contribution in [-0.2, 0) is 0 Å². The van der Waals surface area contributed by atoms with E-state index in [2.05, 4.69) is 6.92 Å². The number of hydrogen-bond donors (Lipinski definition) is 0. The van der Waals surface area contributed by atoms with Crippen LogP contribution >= 0.6 is 0 Å². The van der Waals surface area contributed by atoms with Crippen molar-refractivity contribution in [3.63, 3.8) is 0 Å². The van der Waals surface area contributed by atoms with Crippen LogP contribution in [0, 0.1) is 85.1 Å². The fourth-order valence-corrected chi connectivity index (χ4v) is 9.33. The van der Waals surface area contributed by atoms with Gasteiger partial charge in [0.25, 0.3) is 0 Å². The lowest BCUT2D eigenvalue weighted by Crippen LogP contribution is -2.24. The lowest BCUT2D eigenvalue weighted by atomic mass is 9.68. The smallest absolute Gasteiger partial charge is 0.194 e. The predicted molar refractivity (Wildman–Crippen MR) is 224 cm³/mol. The number of aryl methyl sites for hydroxylation is 3. The standard InChI is InChI=1S/C26H30F4.C26H18F4/c2*1-15-3-5-17(6-4-15)18-7-9-19(10-8-18)20-11-16(2)25(22(27)12-20)21-13-23(28)26(30)24(29)14-21/h11-15,17-19H,3-10H2,1-2H3;3-14H,1-2H3. The van der Waals surface area contributed by atoms with Crippen LogP contribution in [0.4, 0.5) is 35.1 Å². The van der Waals surface area contributed by atoms with Gasteiger partial charge in [-0.2, -0.15) is 0 Å². The summed E-state index contributed by atoms with van der Waals surface area (Å²) in [6.07, 6.45) is 9.92. The van der Waals surface area contributed by atoms with E-state index in [0.717, 1.165) is 77.1 Å². The molecule has 0 aliphatic heterocycles. The van der Waals surface area contributed by atoms with Crippen LogP contribution in [0.1, 0.15) is 86.5 Å². The lowest BCUT2D eigenvalue weighted by Gasteiger charge is -2.37. The summed E-state index contributed by atoms with van der Waals surface area (Å²) in [5, 5.41) is 0. The van der Waals surface area contributed by atoms with Crippen LogP contribution in [0.25, 0.3) is 44.5 Å². The molecule has 6 aromatic rings. The zero-order valence-corrected chi connectivity index (χ0v) is 34.2. The number of benzene rings is 6. The fourth-order valence-electron chi connectivity index (χ4n) is 9.33. The molecule has 0 N–H and O–H groups in total. The molecule has 2 aliphatic rings. The van der Waals surface area contributed by atoms with Crippen LogP contribution in [0.2, 0.25) is 0 Å². The molecular formula is C52H48F8. The molecule has 0 bridgehead atoms. The third kappa shape index (κ3) is 9.38. The molecule has 0 amide bonds. The van der Waals surface area contributed by atoms with Crippen molar-refractivity contribution < 1.29 is 35.1 Å². The van der Waals surface area contributed by atoms with Crippen LogP contribution < -0.4 is 0 Å². The van der Waals surface area contributed by atoms with Gasteiger partial charge in [0, 0.05) is 11.1 Å². The molecule has 0 unspecified atom stereocenters. The molecule has 0 heterocycles. The van der Waals surface area contributed by atoms with E-state index in [1.807, 2.05) is 61.5 Å². The molecule has 0 saturated heterocycles. The van der Waals surface area contributed by atoms with Crippen molar-refractivity contribution in [1.82, 2.24) is 0 Å². The first-order chi connectivity index (χ1) is 28.7. The normalized spacial score (nSPS) is 19.1. The molecule has 0 aromatic heterocycles. The Morgan fingerprint density at radius 1 is 0.367 bits per heavy atom. The minimum Gasteiger partial charge on any atom is -0.206 e. The van der Waals surface area contributed by atoms with E-state index in [-0.39, 0.29) is 22.3 Å². The fraction of sp³-hybridized carbons (Fsp3) is 0.308. The zero-order chi connectivity index (χ0) is 42.8. The van der Waals surface area contributed by atoms with E-state index in [9.17, 15) is 35.1 Å². The van der Waals surface area contributed by atoms with Crippen molar-refractivity contribution in [3.8, 4) is 44.5 Å². The molecule has 2 saturated carbocycles. The van der Waals surface area contributed by atoms with E-state index in [4.69, 9.17) is 0 Å². The van der Waals surface area contributed by atoms with Crippen molar-refractivity contribution in [3.05, 3.63) is 166 Å². The summed E-state index contributed by atoms with van der Waals surface area (Å²) >= 11 is 0. The molecule has 312 valence electrons. The van der Waals surface area contributed by atoms with Crippen LogP contribution in [0.15, 0.2) is 97.1 Å². The second-order valence-corrected chi connectivity index (χ2v) is 16.9. The number of hydrogen-bond acceptors (Lipinski definition) is 0. The Morgan fingerprint density at radius 3 is 1.17 bits per heavy atom. The first-order valence-corrected chi connectivity index (χ1v) is 20.7. The van der Waals surface area contributed by atoms with Gasteiger partial charge in [0.05, 0.1) is 0 Å². The minimum absolute atomic E-state index is 0.0307. The summed E-state index contributed by atoms with van der Waals surface area (Å²) in [7, 11) is 0. The highest BCUT2D eigenvalue weighted by molar-refractivity contribution is 5.76. The first kappa shape index (κ1) is 42.9. The highest BCUT2D eigenvalue weighted by atomic mass is 19.2. The predicted octanol–water partition coefficient (Wildman–Crippen LogP) is 16.2. The van der Waals surface area contributed by atoms with Crippen molar-refractivity contribution in [1.29, 1.82) is 0 Å². The zero-order valence-electron chi connectivity index (χ0n) is 34.2. The maximum Gasteiger partial charge on any atom is 0.194 e. The molecule has 60 heavy (non-hydrogen) atoms. The summed E-state index contributed by atoms with van der Waals surface area (Å²) in [4.78, 5) is 0. The van der Waals surface area contributed by atoms with Crippen molar-refractivity contribution >= 4 is 0 Å². The molecule has 0 radical (unpaired) electrons. The van der Waals surface area contributed by atoms with Gasteiger partial charge >= 0.3 is 0 Å². The highest BCUT2D eigenvalue weighted by Gasteiger charge is 2.31. The summed E-state index contributed by atoms with van der Waals surface area (Å²) in [5.74, 6) is -6.68. The Kier molecular flexibility index (Phi) is 13.0. The molecule has 0 nitrogen and oxygen atoms in total. The SMILES string of the molecule is Cc1cc(C2CCC(C3CCC(C)CC3)CC2)cc(F)c1-c1cc(F)c(F)c(F)c1.Cc1ccc(-c2ccc(-c3cc(C)c(-c4cc(F)c(F)c(F)c4)c(F)c3)cc2)cc1. The monoisotopic (exact) mass is 824 g/mol. The molecule has 8 heteroatoms. The average Bonchev–Trinajstić information content (AvgIpc) is 3.22. The molecule has 8 rings (SSSR count). The van der Waals surface area contributed by atoms with Gasteiger partial charge in [-0.05, 0) is 169 Å². The quantitative estimate of drug-likeness (QED) is 0.116. The number of halogens is 8. The average molecular weight is 825 g/mol. The van der Waals surface area contributed by atoms with Gasteiger partial charge in [-0.15, -0.1) is 0 Å². The van der Waals surface area contributed by atoms with Gasteiger partial charge in [-0.25, -0.2) is 35.1 Å². The Bertz CT molecular complexity index is 2380. The molecule has 2 fully saturated rings. The maximum atomic E-state index is 15.0. The Hall–Kier alpha value is -5.24. The molecule has 0 spiro atoms. The van der Waals surface area contributed by atoms with Crippen molar-refractivity contribution in [2.24, 2.45) is 17.8 Å².